The van der Waals surface area contributed by atoms with Gasteiger partial charge in [-0.2, -0.15) is 5.10 Å². The van der Waals surface area contributed by atoms with Gasteiger partial charge in [0.05, 0.1) is 11.9 Å². The van der Waals surface area contributed by atoms with Crippen molar-refractivity contribution in [2.75, 3.05) is 13.1 Å². The number of hydrogen-bond acceptors (Lipinski definition) is 4. The molecule has 0 spiro atoms. The van der Waals surface area contributed by atoms with E-state index in [1.807, 2.05) is 30.9 Å². The van der Waals surface area contributed by atoms with Crippen LogP contribution in [0, 0.1) is 25.7 Å². The lowest BCUT2D eigenvalue weighted by Crippen LogP contribution is -2.44. The quantitative estimate of drug-likeness (QED) is 0.686. The molecule has 7 nitrogen and oxygen atoms in total. The molecule has 3 heterocycles. The van der Waals surface area contributed by atoms with Gasteiger partial charge in [0.1, 0.15) is 18.3 Å². The molecule has 152 valence electrons. The fourth-order valence-corrected chi connectivity index (χ4v) is 4.44. The van der Waals surface area contributed by atoms with Gasteiger partial charge in [-0.15, -0.1) is 0 Å². The molecule has 2 atom stereocenters. The molecular formula is C22H27N5O2. The van der Waals surface area contributed by atoms with Gasteiger partial charge in [0.2, 0.25) is 5.91 Å². The number of fused-ring (bicyclic) bond motifs is 1. The molecule has 0 N–H and O–H groups in total. The van der Waals surface area contributed by atoms with Crippen molar-refractivity contribution in [3.05, 3.63) is 52.2 Å². The minimum Gasteiger partial charge on any atom is -0.341 e. The zero-order valence-corrected chi connectivity index (χ0v) is 17.4. The third-order valence-electron chi connectivity index (χ3n) is 5.53. The highest BCUT2D eigenvalue weighted by Gasteiger charge is 2.26. The molecule has 3 aromatic rings. The third-order valence-corrected chi connectivity index (χ3v) is 5.53. The SMILES string of the molecule is Cc1cc(C)cc(-n2ncc3c(=O)n(CC(=O)N4CC(C)CC(C)C4)cnc32)c1. The molecular weight excluding hydrogens is 366 g/mol. The van der Waals surface area contributed by atoms with E-state index in [0.717, 1.165) is 36.3 Å². The van der Waals surface area contributed by atoms with Crippen LogP contribution in [0.3, 0.4) is 0 Å². The van der Waals surface area contributed by atoms with Crippen molar-refractivity contribution in [3.8, 4) is 5.69 Å². The Morgan fingerprint density at radius 2 is 1.76 bits per heavy atom. The normalized spacial score (nSPS) is 19.7. The van der Waals surface area contributed by atoms with Crippen LogP contribution >= 0.6 is 0 Å². The van der Waals surface area contributed by atoms with Crippen molar-refractivity contribution in [1.29, 1.82) is 0 Å². The van der Waals surface area contributed by atoms with Crippen molar-refractivity contribution in [1.82, 2.24) is 24.2 Å². The van der Waals surface area contributed by atoms with Gasteiger partial charge in [0, 0.05) is 13.1 Å². The van der Waals surface area contributed by atoms with Crippen molar-refractivity contribution in [2.45, 2.75) is 40.7 Å². The minimum absolute atomic E-state index is 0.00987. The lowest BCUT2D eigenvalue weighted by atomic mass is 9.92. The molecule has 0 radical (unpaired) electrons. The van der Waals surface area contributed by atoms with Gasteiger partial charge in [-0.25, -0.2) is 9.67 Å². The van der Waals surface area contributed by atoms with Crippen molar-refractivity contribution < 1.29 is 4.79 Å². The van der Waals surface area contributed by atoms with Gasteiger partial charge in [0.15, 0.2) is 5.65 Å². The van der Waals surface area contributed by atoms with Crippen molar-refractivity contribution in [3.63, 3.8) is 0 Å². The van der Waals surface area contributed by atoms with E-state index >= 15 is 0 Å². The maximum Gasteiger partial charge on any atom is 0.264 e. The molecule has 1 aliphatic rings. The number of amides is 1. The predicted molar refractivity (Wildman–Crippen MR) is 112 cm³/mol. The first-order valence-corrected chi connectivity index (χ1v) is 10.1. The van der Waals surface area contributed by atoms with E-state index in [1.54, 1.807) is 4.68 Å². The van der Waals surface area contributed by atoms with Crippen molar-refractivity contribution in [2.24, 2.45) is 11.8 Å². The number of nitrogens with zero attached hydrogens (tertiary/aromatic N) is 5. The summed E-state index contributed by atoms with van der Waals surface area (Å²) in [6, 6.07) is 6.10. The summed E-state index contributed by atoms with van der Waals surface area (Å²) in [7, 11) is 0. The van der Waals surface area contributed by atoms with E-state index in [2.05, 4.69) is 30.0 Å². The smallest absolute Gasteiger partial charge is 0.264 e. The summed E-state index contributed by atoms with van der Waals surface area (Å²) < 4.78 is 3.07. The van der Waals surface area contributed by atoms with Crippen LogP contribution in [-0.4, -0.2) is 43.2 Å². The first kappa shape index (κ1) is 19.4. The van der Waals surface area contributed by atoms with E-state index in [9.17, 15) is 9.59 Å². The highest BCUT2D eigenvalue weighted by atomic mass is 16.2. The maximum absolute atomic E-state index is 13.0. The zero-order valence-electron chi connectivity index (χ0n) is 17.4. The summed E-state index contributed by atoms with van der Waals surface area (Å²) in [5, 5.41) is 4.80. The van der Waals surface area contributed by atoms with Gasteiger partial charge in [0.25, 0.3) is 5.56 Å². The van der Waals surface area contributed by atoms with Crippen LogP contribution in [0.2, 0.25) is 0 Å². The van der Waals surface area contributed by atoms with Crippen LogP contribution in [0.15, 0.2) is 35.5 Å². The van der Waals surface area contributed by atoms with Crippen LogP contribution in [0.25, 0.3) is 16.7 Å². The Morgan fingerprint density at radius 3 is 2.41 bits per heavy atom. The van der Waals surface area contributed by atoms with Crippen LogP contribution in [0.5, 0.6) is 0 Å². The molecule has 7 heteroatoms. The first-order chi connectivity index (χ1) is 13.8. The molecule has 2 unspecified atom stereocenters. The van der Waals surface area contributed by atoms with Gasteiger partial charge >= 0.3 is 0 Å². The fraction of sp³-hybridized carbons (Fsp3) is 0.455. The summed E-state index contributed by atoms with van der Waals surface area (Å²) in [4.78, 5) is 32.0. The summed E-state index contributed by atoms with van der Waals surface area (Å²) in [6.45, 7) is 9.88. The molecule has 1 aliphatic heterocycles. The standard InChI is InChI=1S/C22H27N5O2/c1-14-5-15(2)8-18(7-14)27-21-19(9-24-27)22(29)26(13-23-21)12-20(28)25-10-16(3)6-17(4)11-25/h5,7-9,13,16-17H,6,10-12H2,1-4H3. The highest BCUT2D eigenvalue weighted by Crippen LogP contribution is 2.21. The number of carbonyl (C=O) groups is 1. The number of piperidine rings is 1. The molecule has 2 aromatic heterocycles. The first-order valence-electron chi connectivity index (χ1n) is 10.1. The Bertz CT molecular complexity index is 1100. The van der Waals surface area contributed by atoms with Crippen LogP contribution < -0.4 is 5.56 Å². The molecule has 0 bridgehead atoms. The van der Waals surface area contributed by atoms with Gasteiger partial charge in [-0.1, -0.05) is 19.9 Å². The number of aryl methyl sites for hydroxylation is 2. The molecule has 0 aliphatic carbocycles. The van der Waals surface area contributed by atoms with Crippen LogP contribution in [-0.2, 0) is 11.3 Å². The summed E-state index contributed by atoms with van der Waals surface area (Å²) in [5.41, 5.74) is 3.37. The Labute approximate surface area is 170 Å². The second-order valence-corrected chi connectivity index (χ2v) is 8.56. The largest absolute Gasteiger partial charge is 0.341 e. The van der Waals surface area contributed by atoms with E-state index in [0.29, 0.717) is 22.9 Å². The molecule has 1 amide bonds. The number of likely N-dealkylation sites (tertiary alicyclic amines) is 1. The average molecular weight is 393 g/mol. The molecule has 29 heavy (non-hydrogen) atoms. The summed E-state index contributed by atoms with van der Waals surface area (Å²) >= 11 is 0. The second kappa shape index (κ2) is 7.46. The van der Waals surface area contributed by atoms with Crippen LogP contribution in [0.1, 0.15) is 31.4 Å². The predicted octanol–water partition coefficient (Wildman–Crippen LogP) is 2.70. The molecule has 1 saturated heterocycles. The van der Waals surface area contributed by atoms with E-state index in [-0.39, 0.29) is 18.0 Å². The Balaban J connectivity index is 1.64. The zero-order chi connectivity index (χ0) is 20.7. The molecule has 4 rings (SSSR count). The lowest BCUT2D eigenvalue weighted by molar-refractivity contribution is -0.134. The number of benzene rings is 1. The molecule has 0 saturated carbocycles. The van der Waals surface area contributed by atoms with E-state index < -0.39 is 0 Å². The number of hydrogen-bond donors (Lipinski definition) is 0. The van der Waals surface area contributed by atoms with Crippen molar-refractivity contribution >= 4 is 16.9 Å². The van der Waals surface area contributed by atoms with E-state index in [4.69, 9.17) is 0 Å². The molecule has 1 fully saturated rings. The van der Waals surface area contributed by atoms with Gasteiger partial charge in [-0.3, -0.25) is 14.2 Å². The minimum atomic E-state index is -0.239. The Hall–Kier alpha value is -2.96. The third kappa shape index (κ3) is 3.81. The average Bonchev–Trinajstić information content (AvgIpc) is 3.07. The maximum atomic E-state index is 13.0. The second-order valence-electron chi connectivity index (χ2n) is 8.56. The fourth-order valence-electron chi connectivity index (χ4n) is 4.44. The Morgan fingerprint density at radius 1 is 1.10 bits per heavy atom. The Kier molecular flexibility index (Phi) is 4.98. The lowest BCUT2D eigenvalue weighted by Gasteiger charge is -2.35. The number of rotatable bonds is 3. The molecule has 1 aromatic carbocycles. The topological polar surface area (TPSA) is 73.0 Å². The van der Waals surface area contributed by atoms with Crippen LogP contribution in [0.4, 0.5) is 0 Å². The monoisotopic (exact) mass is 393 g/mol. The summed E-state index contributed by atoms with van der Waals surface area (Å²) in [6.07, 6.45) is 4.13. The number of carbonyl (C=O) groups excluding carboxylic acids is 1. The highest BCUT2D eigenvalue weighted by molar-refractivity contribution is 5.78. The summed E-state index contributed by atoms with van der Waals surface area (Å²) in [5.74, 6) is 0.931. The van der Waals surface area contributed by atoms with E-state index in [1.165, 1.54) is 17.1 Å². The van der Waals surface area contributed by atoms with Gasteiger partial charge in [-0.05, 0) is 55.4 Å². The number of aromatic nitrogens is 4. The van der Waals surface area contributed by atoms with Gasteiger partial charge < -0.3 is 4.90 Å².